The number of fused-ring (bicyclic) bond motifs is 4. The van der Waals surface area contributed by atoms with E-state index in [1.807, 2.05) is 6.92 Å². The van der Waals surface area contributed by atoms with Gasteiger partial charge in [0.1, 0.15) is 34.9 Å². The minimum absolute atomic E-state index is 0.0667. The molecular formula is C36H32N2O11. The molecular weight excluding hydrogens is 636 g/mol. The van der Waals surface area contributed by atoms with Crippen LogP contribution in [0.5, 0.6) is 11.5 Å². The maximum Gasteiger partial charge on any atom is 0.407 e. The number of nitrogens with one attached hydrogen (secondary N) is 2. The van der Waals surface area contributed by atoms with Crippen LogP contribution in [0.4, 0.5) is 4.79 Å². The Hall–Kier alpha value is -5.98. The number of hydrogen-bond donors (Lipinski definition) is 5. The molecule has 49 heavy (non-hydrogen) atoms. The second-order valence-corrected chi connectivity index (χ2v) is 12.9. The summed E-state index contributed by atoms with van der Waals surface area (Å²) in [6.45, 7) is 6.43. The standard InChI is InChI=1S/C36H32N2O11/c1-5-6-7-8-18-14-17-13-16-9-10-36(26(16)30(43)21(17)33(46)38-18)31(44)24-25(32(36)45)29(42)23-22(28(24)41)19(39)15-20(27(23)40)48-12-11-37-34(47)49-35(2,3)4/h5-8,13-15,43-45H,9-12H2,1-4H3,(H,37,47)(H,38,46)/b6-5+,8-7+/t36-/m0/s1. The largest absolute Gasteiger partial charge is 0.510 e. The molecule has 252 valence electrons. The molecule has 1 spiro atoms. The summed E-state index contributed by atoms with van der Waals surface area (Å²) in [7, 11) is 0. The molecule has 0 saturated carbocycles. The molecule has 1 aromatic heterocycles. The number of aryl methyl sites for hydroxylation is 1. The molecule has 0 radical (unpaired) electrons. The van der Waals surface area contributed by atoms with E-state index in [0.717, 1.165) is 6.07 Å². The number of aromatic hydroxyl groups is 1. The first-order valence-corrected chi connectivity index (χ1v) is 15.5. The topological polar surface area (TPSA) is 209 Å². The van der Waals surface area contributed by atoms with Crippen molar-refractivity contribution in [1.82, 2.24) is 10.3 Å². The van der Waals surface area contributed by atoms with Crippen LogP contribution in [0.25, 0.3) is 28.4 Å². The lowest BCUT2D eigenvalue weighted by molar-refractivity contribution is 0.0520. The average molecular weight is 669 g/mol. The summed E-state index contributed by atoms with van der Waals surface area (Å²) in [6, 6.07) is 4.02. The number of aliphatic hydroxyl groups is 2. The molecule has 0 unspecified atom stereocenters. The number of carbonyl (C=O) groups excluding carboxylic acids is 1. The van der Waals surface area contributed by atoms with Gasteiger partial charge in [0.25, 0.3) is 5.56 Å². The zero-order valence-electron chi connectivity index (χ0n) is 27.0. The summed E-state index contributed by atoms with van der Waals surface area (Å²) in [5.74, 6) is -2.69. The molecule has 0 bridgehead atoms. The van der Waals surface area contributed by atoms with E-state index < -0.39 is 88.3 Å². The van der Waals surface area contributed by atoms with E-state index in [4.69, 9.17) is 9.47 Å². The maximum atomic E-state index is 13.9. The van der Waals surface area contributed by atoms with E-state index in [9.17, 15) is 44.1 Å². The van der Waals surface area contributed by atoms with Crippen molar-refractivity contribution in [2.24, 2.45) is 0 Å². The van der Waals surface area contributed by atoms with Crippen molar-refractivity contribution < 1.29 is 29.6 Å². The third-order valence-electron chi connectivity index (χ3n) is 8.66. The number of pyridine rings is 1. The second-order valence-electron chi connectivity index (χ2n) is 12.9. The van der Waals surface area contributed by atoms with Crippen LogP contribution in [0.15, 0.2) is 60.4 Å². The van der Waals surface area contributed by atoms with Gasteiger partial charge in [-0.25, -0.2) is 4.79 Å². The molecule has 6 rings (SSSR count). The number of aliphatic hydroxyl groups excluding tert-OH is 2. The van der Waals surface area contributed by atoms with E-state index in [0.29, 0.717) is 16.6 Å². The second kappa shape index (κ2) is 11.6. The number of alkyl carbamates (subject to hydrolysis) is 1. The number of allylic oxidation sites excluding steroid dienone is 3. The minimum Gasteiger partial charge on any atom is -0.510 e. The van der Waals surface area contributed by atoms with Gasteiger partial charge in [-0.05, 0) is 63.6 Å². The van der Waals surface area contributed by atoms with Crippen LogP contribution in [-0.4, -0.2) is 45.1 Å². The van der Waals surface area contributed by atoms with Crippen LogP contribution >= 0.6 is 0 Å². The van der Waals surface area contributed by atoms with Gasteiger partial charge in [0.05, 0.1) is 32.8 Å². The van der Waals surface area contributed by atoms with Crippen LogP contribution in [0.2, 0.25) is 0 Å². The summed E-state index contributed by atoms with van der Waals surface area (Å²) in [4.78, 5) is 82.1. The molecule has 0 saturated heterocycles. The third kappa shape index (κ3) is 5.09. The smallest absolute Gasteiger partial charge is 0.407 e. The van der Waals surface area contributed by atoms with Gasteiger partial charge < -0.3 is 35.1 Å². The van der Waals surface area contributed by atoms with Gasteiger partial charge in [-0.1, -0.05) is 24.3 Å². The van der Waals surface area contributed by atoms with Crippen molar-refractivity contribution in [2.45, 2.75) is 51.6 Å². The molecule has 1 amide bonds. The normalized spacial score (nSPS) is 17.1. The number of aromatic nitrogens is 1. The molecule has 2 aromatic rings. The van der Waals surface area contributed by atoms with Crippen molar-refractivity contribution in [2.75, 3.05) is 13.2 Å². The van der Waals surface area contributed by atoms with Crippen LogP contribution in [0.1, 0.15) is 50.9 Å². The molecule has 4 aliphatic carbocycles. The Balaban J connectivity index is 1.50. The summed E-state index contributed by atoms with van der Waals surface area (Å²) >= 11 is 0. The lowest BCUT2D eigenvalue weighted by Crippen LogP contribution is -2.52. The van der Waals surface area contributed by atoms with Crippen molar-refractivity contribution >= 4 is 34.5 Å². The molecule has 4 aliphatic rings. The highest BCUT2D eigenvalue weighted by Gasteiger charge is 2.53. The first-order valence-electron chi connectivity index (χ1n) is 15.5. The van der Waals surface area contributed by atoms with Crippen LogP contribution in [0.3, 0.4) is 0 Å². The van der Waals surface area contributed by atoms with Gasteiger partial charge in [-0.2, -0.15) is 0 Å². The number of ether oxygens (including phenoxy) is 2. The highest BCUT2D eigenvalue weighted by molar-refractivity contribution is 5.94. The Labute approximate surface area is 275 Å². The highest BCUT2D eigenvalue weighted by atomic mass is 16.6. The fraction of sp³-hybridized carbons (Fsp3) is 0.278. The van der Waals surface area contributed by atoms with Gasteiger partial charge in [0.15, 0.2) is 11.2 Å². The van der Waals surface area contributed by atoms with Crippen molar-refractivity contribution in [3.63, 3.8) is 0 Å². The van der Waals surface area contributed by atoms with Crippen LogP contribution in [-0.2, 0) is 16.6 Å². The number of H-pyrrole nitrogens is 1. The molecule has 5 N–H and O–H groups in total. The van der Waals surface area contributed by atoms with Crippen molar-refractivity contribution in [3.05, 3.63) is 125 Å². The minimum atomic E-state index is -2.00. The Kier molecular flexibility index (Phi) is 7.81. The van der Waals surface area contributed by atoms with E-state index in [1.165, 1.54) is 0 Å². The number of benzene rings is 1. The fourth-order valence-electron chi connectivity index (χ4n) is 6.71. The number of aromatic amines is 1. The van der Waals surface area contributed by atoms with Crippen molar-refractivity contribution in [3.8, 4) is 11.5 Å². The first kappa shape index (κ1) is 32.9. The third-order valence-corrected chi connectivity index (χ3v) is 8.66. The zero-order chi connectivity index (χ0) is 35.6. The van der Waals surface area contributed by atoms with Crippen LogP contribution < -0.4 is 47.8 Å². The summed E-state index contributed by atoms with van der Waals surface area (Å²) in [5.41, 5.74) is -7.05. The molecule has 0 aliphatic heterocycles. The molecule has 1 aromatic carbocycles. The fourth-order valence-corrected chi connectivity index (χ4v) is 6.71. The van der Waals surface area contributed by atoms with Gasteiger partial charge in [-0.15, -0.1) is 0 Å². The van der Waals surface area contributed by atoms with E-state index >= 15 is 0 Å². The Bertz CT molecular complexity index is 2640. The van der Waals surface area contributed by atoms with Crippen LogP contribution in [0, 0.1) is 10.4 Å². The monoisotopic (exact) mass is 668 g/mol. The SMILES string of the molecule is C/C=C/C=C/c1cc2cc3c(c(O)c2c(=O)[nH]1)[C@@]1(CC3)C(O)=c2c(=O)c3c(=O)cc(OCCNC(=O)OC(C)(C)C)c(=O)c=3c(=O)c2=C1O. The maximum absolute atomic E-state index is 13.9. The molecule has 13 heteroatoms. The molecule has 13 nitrogen and oxygen atoms in total. The number of amides is 1. The van der Waals surface area contributed by atoms with E-state index in [-0.39, 0.29) is 36.9 Å². The highest BCUT2D eigenvalue weighted by Crippen LogP contribution is 2.54. The van der Waals surface area contributed by atoms with Crippen molar-refractivity contribution in [1.29, 1.82) is 0 Å². The number of rotatable bonds is 6. The first-order chi connectivity index (χ1) is 23.1. The predicted molar refractivity (Wildman–Crippen MR) is 180 cm³/mol. The number of hydrogen-bond acceptors (Lipinski definition) is 11. The van der Waals surface area contributed by atoms with Gasteiger partial charge in [0.2, 0.25) is 16.3 Å². The molecule has 0 fully saturated rings. The van der Waals surface area contributed by atoms with E-state index in [1.54, 1.807) is 57.2 Å². The molecule has 1 heterocycles. The predicted octanol–water partition coefficient (Wildman–Crippen LogP) is 0.998. The number of phenolic OH excluding ortho intramolecular Hbond substituents is 1. The van der Waals surface area contributed by atoms with Gasteiger partial charge >= 0.3 is 6.09 Å². The lowest BCUT2D eigenvalue weighted by atomic mass is 9.78. The zero-order valence-corrected chi connectivity index (χ0v) is 27.0. The van der Waals surface area contributed by atoms with Gasteiger partial charge in [-0.3, -0.25) is 24.0 Å². The summed E-state index contributed by atoms with van der Waals surface area (Å²) < 4.78 is 10.5. The Morgan fingerprint density at radius 3 is 2.27 bits per heavy atom. The summed E-state index contributed by atoms with van der Waals surface area (Å²) in [6.07, 6.45) is 6.28. The molecule has 1 atom stereocenters. The summed E-state index contributed by atoms with van der Waals surface area (Å²) in [5, 5.41) is 34.6. The number of carbonyl (C=O) groups is 1. The average Bonchev–Trinajstić information content (AvgIpc) is 3.51. The Morgan fingerprint density at radius 1 is 0.939 bits per heavy atom. The Morgan fingerprint density at radius 2 is 1.61 bits per heavy atom. The number of phenols is 1. The lowest BCUT2D eigenvalue weighted by Gasteiger charge is -2.27. The van der Waals surface area contributed by atoms with E-state index in [2.05, 4.69) is 10.3 Å². The van der Waals surface area contributed by atoms with Gasteiger partial charge in [0, 0.05) is 17.3 Å². The quantitative estimate of drug-likeness (QED) is 0.145.